The van der Waals surface area contributed by atoms with Crippen LogP contribution in [-0.4, -0.2) is 91.7 Å². The van der Waals surface area contributed by atoms with Crippen LogP contribution in [0.2, 0.25) is 0 Å². The minimum absolute atomic E-state index is 0.229. The number of nitrogen functional groups attached to an aromatic ring is 1. The molecule has 2 fully saturated rings. The summed E-state index contributed by atoms with van der Waals surface area (Å²) in [6, 6.07) is 4.27. The van der Waals surface area contributed by atoms with E-state index in [0.717, 1.165) is 68.8 Å². The summed E-state index contributed by atoms with van der Waals surface area (Å²) in [7, 11) is 0. The zero-order chi connectivity index (χ0) is 25.9. The largest absolute Gasteiger partial charge is 0.465 e. The lowest BCUT2D eigenvalue weighted by Gasteiger charge is -2.34. The predicted molar refractivity (Wildman–Crippen MR) is 146 cm³/mol. The second kappa shape index (κ2) is 14.9. The predicted octanol–water partition coefficient (Wildman–Crippen LogP) is 3.91. The monoisotopic (exact) mass is 566 g/mol. The Morgan fingerprint density at radius 1 is 1.03 bits per heavy atom. The average Bonchev–Trinajstić information content (AvgIpc) is 2.88. The van der Waals surface area contributed by atoms with Gasteiger partial charge in [-0.1, -0.05) is 26.2 Å². The lowest BCUT2D eigenvalue weighted by Crippen LogP contribution is -2.47. The summed E-state index contributed by atoms with van der Waals surface area (Å²) >= 11 is 3.55. The first-order valence-corrected chi connectivity index (χ1v) is 14.2. The number of carbonyl (C=O) groups is 2. The maximum atomic E-state index is 12.8. The zero-order valence-corrected chi connectivity index (χ0v) is 23.6. The summed E-state index contributed by atoms with van der Waals surface area (Å²) in [5.74, 6) is -0.527. The van der Waals surface area contributed by atoms with Crippen LogP contribution in [0.25, 0.3) is 0 Å². The number of carbonyl (C=O) groups excluding carboxylic acids is 2. The van der Waals surface area contributed by atoms with Crippen LogP contribution in [-0.2, 0) is 20.8 Å². The highest BCUT2D eigenvalue weighted by molar-refractivity contribution is 9.10. The fraction of sp³-hybridized carbons (Fsp3) is 0.704. The Hall–Kier alpha value is -1.68. The minimum atomic E-state index is -0.298. The number of benzene rings is 1. The molecule has 8 nitrogen and oxygen atoms in total. The van der Waals surface area contributed by atoms with Crippen molar-refractivity contribution in [2.24, 2.45) is 0 Å². The van der Waals surface area contributed by atoms with Crippen molar-refractivity contribution in [1.82, 2.24) is 14.7 Å². The van der Waals surface area contributed by atoms with Crippen LogP contribution in [0.5, 0.6) is 0 Å². The number of rotatable bonds is 12. The number of esters is 2. The maximum absolute atomic E-state index is 12.8. The van der Waals surface area contributed by atoms with Crippen LogP contribution >= 0.6 is 15.9 Å². The van der Waals surface area contributed by atoms with Gasteiger partial charge in [0, 0.05) is 63.3 Å². The Balaban J connectivity index is 1.43. The van der Waals surface area contributed by atoms with E-state index in [9.17, 15) is 9.59 Å². The highest BCUT2D eigenvalue weighted by atomic mass is 79.9. The van der Waals surface area contributed by atoms with Gasteiger partial charge in [0.25, 0.3) is 0 Å². The van der Waals surface area contributed by atoms with Crippen molar-refractivity contribution >= 4 is 33.6 Å². The van der Waals surface area contributed by atoms with E-state index in [1.54, 1.807) is 6.07 Å². The van der Waals surface area contributed by atoms with Crippen LogP contribution in [0.4, 0.5) is 5.69 Å². The molecule has 1 saturated heterocycles. The van der Waals surface area contributed by atoms with Crippen LogP contribution in [0, 0.1) is 0 Å². The van der Waals surface area contributed by atoms with Gasteiger partial charge in [0.05, 0.1) is 17.9 Å². The molecule has 0 aromatic heterocycles. The number of anilines is 1. The molecule has 2 N–H and O–H groups in total. The van der Waals surface area contributed by atoms with Crippen LogP contribution in [0.3, 0.4) is 0 Å². The van der Waals surface area contributed by atoms with Gasteiger partial charge in [0.2, 0.25) is 0 Å². The van der Waals surface area contributed by atoms with E-state index in [0.29, 0.717) is 30.5 Å². The highest BCUT2D eigenvalue weighted by Crippen LogP contribution is 2.30. The van der Waals surface area contributed by atoms with E-state index in [1.807, 2.05) is 6.07 Å². The third kappa shape index (κ3) is 9.01. The number of nitrogens with zero attached hydrogens (tertiary/aromatic N) is 3. The molecule has 202 valence electrons. The Labute approximate surface area is 224 Å². The van der Waals surface area contributed by atoms with Crippen molar-refractivity contribution in [3.8, 4) is 0 Å². The second-order valence-electron chi connectivity index (χ2n) is 9.90. The van der Waals surface area contributed by atoms with Gasteiger partial charge in [0.1, 0.15) is 6.61 Å². The van der Waals surface area contributed by atoms with Gasteiger partial charge < -0.3 is 20.1 Å². The topological polar surface area (TPSA) is 88.3 Å². The molecule has 36 heavy (non-hydrogen) atoms. The van der Waals surface area contributed by atoms with Crippen molar-refractivity contribution in [2.45, 2.75) is 65.0 Å². The average molecular weight is 568 g/mol. The van der Waals surface area contributed by atoms with Crippen LogP contribution in [0.15, 0.2) is 16.6 Å². The standard InChI is InChI=1S/C27H43BrN4O4/c1-3-32(24-8-5-4-6-9-24)20-23-18-22(19-25(28)26(23)29)27(34)36-16-7-10-30-11-13-31(14-12-30)15-17-35-21(2)33/h18-19,24H,3-17,20,29H2,1-2H3. The summed E-state index contributed by atoms with van der Waals surface area (Å²) in [5.41, 5.74) is 8.61. The molecular formula is C27H43BrN4O4. The second-order valence-corrected chi connectivity index (χ2v) is 10.8. The molecule has 1 saturated carbocycles. The van der Waals surface area contributed by atoms with Crippen LogP contribution in [0.1, 0.15) is 68.3 Å². The maximum Gasteiger partial charge on any atom is 0.338 e. The van der Waals surface area contributed by atoms with E-state index in [2.05, 4.69) is 37.6 Å². The number of hydrogen-bond donors (Lipinski definition) is 1. The lowest BCUT2D eigenvalue weighted by atomic mass is 9.93. The van der Waals surface area contributed by atoms with Crippen molar-refractivity contribution < 1.29 is 19.1 Å². The fourth-order valence-corrected chi connectivity index (χ4v) is 5.68. The van der Waals surface area contributed by atoms with E-state index in [1.165, 1.54) is 39.0 Å². The quantitative estimate of drug-likeness (QED) is 0.231. The lowest BCUT2D eigenvalue weighted by molar-refractivity contribution is -0.141. The number of ether oxygens (including phenoxy) is 2. The van der Waals surface area contributed by atoms with Gasteiger partial charge >= 0.3 is 11.9 Å². The molecule has 1 heterocycles. The highest BCUT2D eigenvalue weighted by Gasteiger charge is 2.22. The molecule has 2 aliphatic rings. The summed E-state index contributed by atoms with van der Waals surface area (Å²) in [5, 5.41) is 0. The van der Waals surface area contributed by atoms with Gasteiger partial charge in [-0.05, 0) is 59.4 Å². The first-order valence-electron chi connectivity index (χ1n) is 13.4. The molecule has 1 aliphatic carbocycles. The molecule has 3 rings (SSSR count). The van der Waals surface area contributed by atoms with Crippen molar-refractivity contribution in [1.29, 1.82) is 0 Å². The molecule has 1 aromatic rings. The van der Waals surface area contributed by atoms with Gasteiger partial charge in [-0.15, -0.1) is 0 Å². The molecule has 0 radical (unpaired) electrons. The normalized spacial score (nSPS) is 17.9. The number of piperazine rings is 1. The van der Waals surface area contributed by atoms with Gasteiger partial charge in [-0.2, -0.15) is 0 Å². The van der Waals surface area contributed by atoms with Crippen molar-refractivity contribution in [2.75, 3.05) is 64.8 Å². The van der Waals surface area contributed by atoms with Crippen molar-refractivity contribution in [3.63, 3.8) is 0 Å². The minimum Gasteiger partial charge on any atom is -0.465 e. The molecule has 1 aromatic carbocycles. The summed E-state index contributed by atoms with van der Waals surface area (Å²) in [4.78, 5) is 30.9. The Kier molecular flexibility index (Phi) is 12.0. The summed E-state index contributed by atoms with van der Waals surface area (Å²) in [6.45, 7) is 11.7. The molecule has 1 aliphatic heterocycles. The van der Waals surface area contributed by atoms with Crippen molar-refractivity contribution in [3.05, 3.63) is 27.7 Å². The molecule has 0 spiro atoms. The Morgan fingerprint density at radius 3 is 2.33 bits per heavy atom. The molecule has 0 amide bonds. The van der Waals surface area contributed by atoms with E-state index in [-0.39, 0.29) is 11.9 Å². The first-order chi connectivity index (χ1) is 17.4. The zero-order valence-electron chi connectivity index (χ0n) is 22.0. The Morgan fingerprint density at radius 2 is 1.69 bits per heavy atom. The number of halogens is 1. The van der Waals surface area contributed by atoms with E-state index < -0.39 is 0 Å². The number of nitrogens with two attached hydrogens (primary N) is 1. The van der Waals surface area contributed by atoms with Crippen LogP contribution < -0.4 is 5.73 Å². The molecular weight excluding hydrogens is 524 g/mol. The smallest absolute Gasteiger partial charge is 0.338 e. The summed E-state index contributed by atoms with van der Waals surface area (Å²) in [6.07, 6.45) is 7.18. The van der Waals surface area contributed by atoms with Gasteiger partial charge in [-0.25, -0.2) is 4.79 Å². The fourth-order valence-electron chi connectivity index (χ4n) is 5.18. The van der Waals surface area contributed by atoms with Gasteiger partial charge in [0.15, 0.2) is 0 Å². The molecule has 9 heteroatoms. The van der Waals surface area contributed by atoms with E-state index in [4.69, 9.17) is 15.2 Å². The third-order valence-corrected chi connectivity index (χ3v) is 8.01. The molecule has 0 atom stereocenters. The SMILES string of the molecule is CCN(Cc1cc(C(=O)OCCCN2CCN(CCOC(C)=O)CC2)cc(Br)c1N)C1CCCCC1. The summed E-state index contributed by atoms with van der Waals surface area (Å²) < 4.78 is 11.4. The number of hydrogen-bond acceptors (Lipinski definition) is 8. The third-order valence-electron chi connectivity index (χ3n) is 7.35. The first kappa shape index (κ1) is 28.9. The Bertz CT molecular complexity index is 854. The molecule has 0 unspecified atom stereocenters. The van der Waals surface area contributed by atoms with E-state index >= 15 is 0 Å². The molecule has 0 bridgehead atoms. The van der Waals surface area contributed by atoms with Gasteiger partial charge in [-0.3, -0.25) is 14.6 Å².